The molecule has 0 bridgehead atoms. The highest BCUT2D eigenvalue weighted by molar-refractivity contribution is 7.98. The highest BCUT2D eigenvalue weighted by Gasteiger charge is 2.03. The summed E-state index contributed by atoms with van der Waals surface area (Å²) in [5.74, 6) is 0.228. The van der Waals surface area contributed by atoms with Gasteiger partial charge in [-0.15, -0.1) is 0 Å². The van der Waals surface area contributed by atoms with E-state index in [-0.39, 0.29) is 16.8 Å². The van der Waals surface area contributed by atoms with Crippen LogP contribution in [0.1, 0.15) is 11.1 Å². The highest BCUT2D eigenvalue weighted by Crippen LogP contribution is 2.15. The maximum Gasteiger partial charge on any atom is 0.238 e. The molecule has 0 atom stereocenters. The Hall–Kier alpha value is -1.09. The Morgan fingerprint density at radius 1 is 1.27 bits per heavy atom. The molecule has 3 heteroatoms. The van der Waals surface area contributed by atoms with Gasteiger partial charge in [-0.3, -0.25) is 0 Å². The van der Waals surface area contributed by atoms with E-state index in [1.807, 2.05) is 23.6 Å². The molecule has 1 aromatic rings. The SMILES string of the molecule is Cc1ccc(N/C(O)=C/[S+](C)C)cc1C. The molecule has 0 unspecified atom stereocenters. The van der Waals surface area contributed by atoms with Crippen LogP contribution in [0.15, 0.2) is 29.5 Å². The molecule has 0 aliphatic rings. The van der Waals surface area contributed by atoms with E-state index < -0.39 is 0 Å². The summed E-state index contributed by atoms with van der Waals surface area (Å²) >= 11 is 0. The zero-order chi connectivity index (χ0) is 11.4. The van der Waals surface area contributed by atoms with Crippen LogP contribution in [0.25, 0.3) is 0 Å². The van der Waals surface area contributed by atoms with Crippen LogP contribution in [0.4, 0.5) is 5.69 Å². The van der Waals surface area contributed by atoms with Gasteiger partial charge in [0.25, 0.3) is 0 Å². The number of hydrogen-bond donors (Lipinski definition) is 2. The fourth-order valence-electron chi connectivity index (χ4n) is 1.22. The van der Waals surface area contributed by atoms with Gasteiger partial charge in [0.15, 0.2) is 5.41 Å². The van der Waals surface area contributed by atoms with Gasteiger partial charge in [-0.05, 0) is 37.1 Å². The van der Waals surface area contributed by atoms with Crippen molar-refractivity contribution in [3.63, 3.8) is 0 Å². The Kier molecular flexibility index (Phi) is 4.09. The van der Waals surface area contributed by atoms with Gasteiger partial charge in [0.1, 0.15) is 12.5 Å². The summed E-state index contributed by atoms with van der Waals surface area (Å²) in [6, 6.07) is 6.04. The van der Waals surface area contributed by atoms with E-state index in [9.17, 15) is 5.11 Å². The number of rotatable bonds is 3. The smallest absolute Gasteiger partial charge is 0.238 e. The fraction of sp³-hybridized carbons (Fsp3) is 0.333. The van der Waals surface area contributed by atoms with Gasteiger partial charge < -0.3 is 10.4 Å². The third-order valence-electron chi connectivity index (χ3n) is 2.13. The predicted octanol–water partition coefficient (Wildman–Crippen LogP) is 2.95. The Bertz CT molecular complexity index is 372. The summed E-state index contributed by atoms with van der Waals surface area (Å²) in [6.45, 7) is 4.13. The summed E-state index contributed by atoms with van der Waals surface area (Å²) < 4.78 is 0. The highest BCUT2D eigenvalue weighted by atomic mass is 32.2. The quantitative estimate of drug-likeness (QED) is 0.611. The Morgan fingerprint density at radius 2 is 1.93 bits per heavy atom. The van der Waals surface area contributed by atoms with Crippen LogP contribution in [0.2, 0.25) is 0 Å². The number of nitrogens with one attached hydrogen (secondary N) is 1. The van der Waals surface area contributed by atoms with Crippen molar-refractivity contribution in [2.45, 2.75) is 13.8 Å². The van der Waals surface area contributed by atoms with E-state index in [0.717, 1.165) is 5.69 Å². The molecule has 0 aromatic heterocycles. The van der Waals surface area contributed by atoms with Crippen molar-refractivity contribution in [2.75, 3.05) is 17.8 Å². The van der Waals surface area contributed by atoms with Crippen molar-refractivity contribution in [2.24, 2.45) is 0 Å². The first-order valence-electron chi connectivity index (χ1n) is 4.80. The largest absolute Gasteiger partial charge is 0.491 e. The molecule has 0 aliphatic heterocycles. The number of aryl methyl sites for hydroxylation is 2. The van der Waals surface area contributed by atoms with Gasteiger partial charge in [-0.2, -0.15) is 0 Å². The lowest BCUT2D eigenvalue weighted by molar-refractivity contribution is 0.421. The monoisotopic (exact) mass is 224 g/mol. The molecule has 0 spiro atoms. The molecule has 1 rings (SSSR count). The Balaban J connectivity index is 2.77. The number of aliphatic hydroxyl groups excluding tert-OH is 1. The second kappa shape index (κ2) is 5.12. The Morgan fingerprint density at radius 3 is 2.47 bits per heavy atom. The van der Waals surface area contributed by atoms with Crippen LogP contribution in [0.5, 0.6) is 0 Å². The van der Waals surface area contributed by atoms with Gasteiger partial charge in [0.05, 0.1) is 0 Å². The summed E-state index contributed by atoms with van der Waals surface area (Å²) in [5.41, 5.74) is 3.41. The van der Waals surface area contributed by atoms with E-state index in [0.29, 0.717) is 0 Å². The molecule has 0 radical (unpaired) electrons. The summed E-state index contributed by atoms with van der Waals surface area (Å²) in [5, 5.41) is 14.4. The molecule has 2 N–H and O–H groups in total. The van der Waals surface area contributed by atoms with Crippen molar-refractivity contribution < 1.29 is 5.11 Å². The number of hydrogen-bond acceptors (Lipinski definition) is 2. The second-order valence-electron chi connectivity index (χ2n) is 3.81. The van der Waals surface area contributed by atoms with Crippen molar-refractivity contribution in [3.05, 3.63) is 40.6 Å². The van der Waals surface area contributed by atoms with Gasteiger partial charge in [0, 0.05) is 16.6 Å². The van der Waals surface area contributed by atoms with Gasteiger partial charge in [-0.25, -0.2) is 0 Å². The topological polar surface area (TPSA) is 32.3 Å². The second-order valence-corrected chi connectivity index (χ2v) is 5.80. The van der Waals surface area contributed by atoms with E-state index in [1.165, 1.54) is 11.1 Å². The van der Waals surface area contributed by atoms with E-state index in [2.05, 4.69) is 31.7 Å². The van der Waals surface area contributed by atoms with Gasteiger partial charge in [-0.1, -0.05) is 6.07 Å². The maximum absolute atomic E-state index is 9.59. The first-order valence-corrected chi connectivity index (χ1v) is 6.91. The number of aliphatic hydroxyl groups is 1. The van der Waals surface area contributed by atoms with Crippen molar-refractivity contribution in [1.82, 2.24) is 0 Å². The van der Waals surface area contributed by atoms with Crippen LogP contribution in [0, 0.1) is 13.8 Å². The summed E-state index contributed by atoms with van der Waals surface area (Å²) in [7, 11) is 0.0964. The first kappa shape index (κ1) is 12.0. The minimum absolute atomic E-state index is 0.0964. The lowest BCUT2D eigenvalue weighted by Gasteiger charge is -2.06. The molecule has 0 saturated carbocycles. The average molecular weight is 224 g/mol. The standard InChI is InChI=1S/C12H17NOS/c1-9-5-6-11(7-10(9)2)13-12(14)8-15(3)4/h5-8,13H,1-4H3/p+1/b12-8-. The molecule has 0 amide bonds. The molecule has 0 fully saturated rings. The van der Waals surface area contributed by atoms with Crippen LogP contribution < -0.4 is 5.32 Å². The van der Waals surface area contributed by atoms with E-state index >= 15 is 0 Å². The average Bonchev–Trinajstić information content (AvgIpc) is 2.10. The van der Waals surface area contributed by atoms with E-state index in [1.54, 1.807) is 0 Å². The van der Waals surface area contributed by atoms with Gasteiger partial charge >= 0.3 is 0 Å². The van der Waals surface area contributed by atoms with Crippen LogP contribution >= 0.6 is 0 Å². The minimum Gasteiger partial charge on any atom is -0.491 e. The molecule has 15 heavy (non-hydrogen) atoms. The van der Waals surface area contributed by atoms with Crippen LogP contribution in [-0.4, -0.2) is 17.6 Å². The molecule has 82 valence electrons. The number of benzene rings is 1. The molecular formula is C12H18NOS+. The molecule has 0 aliphatic carbocycles. The zero-order valence-electron chi connectivity index (χ0n) is 9.66. The van der Waals surface area contributed by atoms with Crippen LogP contribution in [-0.2, 0) is 10.9 Å². The summed E-state index contributed by atoms with van der Waals surface area (Å²) in [4.78, 5) is 0. The van der Waals surface area contributed by atoms with E-state index in [4.69, 9.17) is 0 Å². The van der Waals surface area contributed by atoms with Gasteiger partial charge in [0.2, 0.25) is 5.88 Å². The maximum atomic E-state index is 9.59. The third kappa shape index (κ3) is 3.88. The molecular weight excluding hydrogens is 206 g/mol. The molecule has 2 nitrogen and oxygen atoms in total. The molecule has 0 saturated heterocycles. The summed E-state index contributed by atoms with van der Waals surface area (Å²) in [6.07, 6.45) is 4.11. The Labute approximate surface area is 94.4 Å². The molecule has 1 aromatic carbocycles. The fourth-order valence-corrected chi connectivity index (χ4v) is 1.73. The normalized spacial score (nSPS) is 11.9. The first-order chi connectivity index (χ1) is 6.99. The van der Waals surface area contributed by atoms with Crippen molar-refractivity contribution >= 4 is 16.6 Å². The lowest BCUT2D eigenvalue weighted by Crippen LogP contribution is -2.02. The van der Waals surface area contributed by atoms with Crippen molar-refractivity contribution in [3.8, 4) is 0 Å². The number of anilines is 1. The minimum atomic E-state index is 0.0964. The lowest BCUT2D eigenvalue weighted by atomic mass is 10.1. The third-order valence-corrected chi connectivity index (χ3v) is 2.82. The molecule has 0 heterocycles. The van der Waals surface area contributed by atoms with Crippen LogP contribution in [0.3, 0.4) is 0 Å². The predicted molar refractivity (Wildman–Crippen MR) is 69.5 cm³/mol. The zero-order valence-corrected chi connectivity index (χ0v) is 10.5. The van der Waals surface area contributed by atoms with Crippen molar-refractivity contribution in [1.29, 1.82) is 0 Å².